The summed E-state index contributed by atoms with van der Waals surface area (Å²) in [7, 11) is 5.71. The van der Waals surface area contributed by atoms with Crippen molar-refractivity contribution in [2.45, 2.75) is 6.42 Å². The molecule has 2 aromatic rings. The first kappa shape index (κ1) is 14.9. The lowest BCUT2D eigenvalue weighted by molar-refractivity contribution is 0.268. The predicted octanol–water partition coefficient (Wildman–Crippen LogP) is 3.23. The molecule has 20 heavy (non-hydrogen) atoms. The highest BCUT2D eigenvalue weighted by Crippen LogP contribution is 2.34. The van der Waals surface area contributed by atoms with Crippen molar-refractivity contribution in [2.75, 3.05) is 34.4 Å². The third-order valence-corrected chi connectivity index (χ3v) is 3.31. The van der Waals surface area contributed by atoms with E-state index in [1.807, 2.05) is 26.2 Å². The Hall–Kier alpha value is -1.52. The highest BCUT2D eigenvalue weighted by Gasteiger charge is 2.09. The Morgan fingerprint density at radius 1 is 1.25 bits per heavy atom. The number of pyridine rings is 1. The molecule has 108 valence electrons. The summed E-state index contributed by atoms with van der Waals surface area (Å²) in [4.78, 5) is 6.41. The van der Waals surface area contributed by atoms with E-state index in [0.717, 1.165) is 23.9 Å². The van der Waals surface area contributed by atoms with Gasteiger partial charge in [-0.2, -0.15) is 0 Å². The Morgan fingerprint density at radius 2 is 2.05 bits per heavy atom. The lowest BCUT2D eigenvalue weighted by atomic mass is 10.2. The number of ether oxygens (including phenoxy) is 2. The zero-order chi connectivity index (χ0) is 14.5. The first-order valence-electron chi connectivity index (χ1n) is 6.51. The van der Waals surface area contributed by atoms with Crippen molar-refractivity contribution in [3.05, 3.63) is 29.4 Å². The van der Waals surface area contributed by atoms with Gasteiger partial charge >= 0.3 is 0 Å². The zero-order valence-corrected chi connectivity index (χ0v) is 12.8. The number of halogens is 1. The van der Waals surface area contributed by atoms with Crippen LogP contribution in [0.5, 0.6) is 11.5 Å². The molecular formula is C15H19ClN2O2. The van der Waals surface area contributed by atoms with E-state index in [2.05, 4.69) is 9.88 Å². The Kier molecular flexibility index (Phi) is 5.04. The minimum Gasteiger partial charge on any atom is -0.493 e. The fourth-order valence-corrected chi connectivity index (χ4v) is 2.16. The van der Waals surface area contributed by atoms with Gasteiger partial charge in [0.05, 0.1) is 24.3 Å². The Morgan fingerprint density at radius 3 is 2.75 bits per heavy atom. The number of benzene rings is 1. The van der Waals surface area contributed by atoms with E-state index in [1.165, 1.54) is 0 Å². The van der Waals surface area contributed by atoms with E-state index in [-0.39, 0.29) is 0 Å². The fraction of sp³-hybridized carbons (Fsp3) is 0.400. The van der Waals surface area contributed by atoms with Crippen molar-refractivity contribution < 1.29 is 9.47 Å². The minimum absolute atomic E-state index is 0.637. The van der Waals surface area contributed by atoms with Crippen LogP contribution in [0, 0.1) is 0 Å². The summed E-state index contributed by atoms with van der Waals surface area (Å²) in [5.41, 5.74) is 0.801. The molecule has 0 atom stereocenters. The van der Waals surface area contributed by atoms with E-state index >= 15 is 0 Å². The monoisotopic (exact) mass is 294 g/mol. The van der Waals surface area contributed by atoms with Crippen LogP contribution in [-0.2, 0) is 0 Å². The molecule has 1 aromatic carbocycles. The van der Waals surface area contributed by atoms with Crippen LogP contribution in [0.1, 0.15) is 6.42 Å². The third-order valence-electron chi connectivity index (χ3n) is 2.98. The van der Waals surface area contributed by atoms with Gasteiger partial charge in [0, 0.05) is 24.2 Å². The standard InChI is InChI=1S/C15H19ClN2O2/c1-18(2)7-4-8-20-15-9-11-12(16)5-6-17-13(11)10-14(15)19-3/h5-6,9-10H,4,7-8H2,1-3H3. The minimum atomic E-state index is 0.637. The maximum Gasteiger partial charge on any atom is 0.162 e. The number of nitrogens with zero attached hydrogens (tertiary/aromatic N) is 2. The molecule has 0 amide bonds. The first-order chi connectivity index (χ1) is 9.61. The number of methoxy groups -OCH3 is 1. The molecule has 1 aromatic heterocycles. The molecule has 0 radical (unpaired) electrons. The summed E-state index contributed by atoms with van der Waals surface area (Å²) in [6.07, 6.45) is 2.64. The Balaban J connectivity index is 2.20. The summed E-state index contributed by atoms with van der Waals surface area (Å²) in [6.45, 7) is 1.62. The largest absolute Gasteiger partial charge is 0.493 e. The van der Waals surface area contributed by atoms with E-state index in [9.17, 15) is 0 Å². The summed E-state index contributed by atoms with van der Waals surface area (Å²) in [5.74, 6) is 1.38. The number of hydrogen-bond donors (Lipinski definition) is 0. The summed E-state index contributed by atoms with van der Waals surface area (Å²) < 4.78 is 11.2. The van der Waals surface area contributed by atoms with E-state index in [4.69, 9.17) is 21.1 Å². The lowest BCUT2D eigenvalue weighted by Crippen LogP contribution is -2.15. The van der Waals surface area contributed by atoms with Crippen molar-refractivity contribution in [3.8, 4) is 11.5 Å². The molecule has 0 aliphatic carbocycles. The molecule has 0 aliphatic heterocycles. The van der Waals surface area contributed by atoms with Gasteiger partial charge in [0.15, 0.2) is 11.5 Å². The van der Waals surface area contributed by atoms with Crippen molar-refractivity contribution in [1.29, 1.82) is 0 Å². The van der Waals surface area contributed by atoms with Gasteiger partial charge < -0.3 is 14.4 Å². The van der Waals surface area contributed by atoms with E-state index in [1.54, 1.807) is 19.4 Å². The number of rotatable bonds is 6. The van der Waals surface area contributed by atoms with Gasteiger partial charge in [-0.05, 0) is 32.6 Å². The van der Waals surface area contributed by atoms with Crippen LogP contribution in [0.15, 0.2) is 24.4 Å². The molecule has 2 rings (SSSR count). The molecule has 0 N–H and O–H groups in total. The van der Waals surface area contributed by atoms with Gasteiger partial charge in [0.1, 0.15) is 0 Å². The third kappa shape index (κ3) is 3.52. The summed E-state index contributed by atoms with van der Waals surface area (Å²) >= 11 is 6.18. The first-order valence-corrected chi connectivity index (χ1v) is 6.89. The normalized spacial score (nSPS) is 11.1. The van der Waals surface area contributed by atoms with Gasteiger partial charge in [-0.15, -0.1) is 0 Å². The molecule has 4 nitrogen and oxygen atoms in total. The molecule has 0 aliphatic rings. The molecule has 0 saturated heterocycles. The molecule has 0 saturated carbocycles. The van der Waals surface area contributed by atoms with Crippen LogP contribution >= 0.6 is 11.6 Å². The van der Waals surface area contributed by atoms with Gasteiger partial charge in [-0.1, -0.05) is 11.6 Å². The summed E-state index contributed by atoms with van der Waals surface area (Å²) in [5, 5.41) is 1.54. The van der Waals surface area contributed by atoms with E-state index in [0.29, 0.717) is 23.1 Å². The van der Waals surface area contributed by atoms with Crippen molar-refractivity contribution >= 4 is 22.5 Å². The highest BCUT2D eigenvalue weighted by molar-refractivity contribution is 6.35. The van der Waals surface area contributed by atoms with Crippen molar-refractivity contribution in [1.82, 2.24) is 9.88 Å². The second-order valence-corrected chi connectivity index (χ2v) is 5.23. The maximum atomic E-state index is 6.18. The number of fused-ring (bicyclic) bond motifs is 1. The Labute approximate surface area is 124 Å². The second-order valence-electron chi connectivity index (χ2n) is 4.82. The fourth-order valence-electron chi connectivity index (χ4n) is 1.96. The van der Waals surface area contributed by atoms with Crippen molar-refractivity contribution in [2.24, 2.45) is 0 Å². The average molecular weight is 295 g/mol. The molecule has 0 unspecified atom stereocenters. The van der Waals surface area contributed by atoms with E-state index < -0.39 is 0 Å². The van der Waals surface area contributed by atoms with Crippen LogP contribution in [-0.4, -0.2) is 44.2 Å². The second kappa shape index (κ2) is 6.77. The molecule has 1 heterocycles. The smallest absolute Gasteiger partial charge is 0.162 e. The van der Waals surface area contributed by atoms with Crippen LogP contribution in [0.4, 0.5) is 0 Å². The topological polar surface area (TPSA) is 34.6 Å². The van der Waals surface area contributed by atoms with Crippen LogP contribution in [0.2, 0.25) is 5.02 Å². The molecule has 0 fully saturated rings. The summed E-state index contributed by atoms with van der Waals surface area (Å²) in [6, 6.07) is 5.51. The highest BCUT2D eigenvalue weighted by atomic mass is 35.5. The quantitative estimate of drug-likeness (QED) is 0.766. The van der Waals surface area contributed by atoms with Gasteiger partial charge in [0.25, 0.3) is 0 Å². The maximum absolute atomic E-state index is 6.18. The molecule has 0 bridgehead atoms. The number of aromatic nitrogens is 1. The van der Waals surface area contributed by atoms with Crippen molar-refractivity contribution in [3.63, 3.8) is 0 Å². The molecule has 0 spiro atoms. The van der Waals surface area contributed by atoms with Gasteiger partial charge in [0.2, 0.25) is 0 Å². The average Bonchev–Trinajstić information content (AvgIpc) is 2.43. The van der Waals surface area contributed by atoms with Gasteiger partial charge in [-0.3, -0.25) is 4.98 Å². The molecular weight excluding hydrogens is 276 g/mol. The van der Waals surface area contributed by atoms with Crippen LogP contribution in [0.3, 0.4) is 0 Å². The Bertz CT molecular complexity index is 587. The van der Waals surface area contributed by atoms with Gasteiger partial charge in [-0.25, -0.2) is 0 Å². The SMILES string of the molecule is COc1cc2nccc(Cl)c2cc1OCCCN(C)C. The number of hydrogen-bond acceptors (Lipinski definition) is 4. The zero-order valence-electron chi connectivity index (χ0n) is 12.0. The lowest BCUT2D eigenvalue weighted by Gasteiger charge is -2.13. The van der Waals surface area contributed by atoms with Crippen LogP contribution in [0.25, 0.3) is 10.9 Å². The molecule has 5 heteroatoms. The van der Waals surface area contributed by atoms with Crippen LogP contribution < -0.4 is 9.47 Å². The predicted molar refractivity (Wildman–Crippen MR) is 82.0 cm³/mol.